The summed E-state index contributed by atoms with van der Waals surface area (Å²) >= 11 is 0. The molecule has 3 aromatic rings. The van der Waals surface area contributed by atoms with Gasteiger partial charge in [-0.2, -0.15) is 0 Å². The highest BCUT2D eigenvalue weighted by molar-refractivity contribution is 6.20. The number of aromatic nitrogens is 2. The number of fused-ring (bicyclic) bond motifs is 1. The third-order valence-electron chi connectivity index (χ3n) is 4.65. The van der Waals surface area contributed by atoms with E-state index in [1.54, 1.807) is 7.05 Å². The Balaban J connectivity index is 2.05. The zero-order valence-electron chi connectivity index (χ0n) is 15.1. The lowest BCUT2D eigenvalue weighted by molar-refractivity contribution is 0.691. The number of hydrogen-bond donors (Lipinski definition) is 0. The second kappa shape index (κ2) is 6.64. The van der Waals surface area contributed by atoms with Crippen LogP contribution in [-0.4, -0.2) is 20.6 Å². The quantitative estimate of drug-likeness (QED) is 0.707. The molecule has 1 aromatic heterocycles. The maximum Gasteiger partial charge on any atom is 0.332 e. The van der Waals surface area contributed by atoms with Gasteiger partial charge in [0.25, 0.3) is 5.56 Å². The summed E-state index contributed by atoms with van der Waals surface area (Å²) in [7, 11) is 3.06. The van der Waals surface area contributed by atoms with Gasteiger partial charge < -0.3 is 0 Å². The number of nitrogens with zero attached hydrogens (tertiary/aromatic N) is 4. The van der Waals surface area contributed by atoms with E-state index in [0.29, 0.717) is 6.42 Å². The van der Waals surface area contributed by atoms with Crippen molar-refractivity contribution in [2.75, 3.05) is 0 Å². The van der Waals surface area contributed by atoms with Gasteiger partial charge in [0.1, 0.15) is 0 Å². The van der Waals surface area contributed by atoms with Crippen molar-refractivity contribution in [1.29, 1.82) is 0 Å². The second-order valence-corrected chi connectivity index (χ2v) is 6.40. The predicted molar refractivity (Wildman–Crippen MR) is 107 cm³/mol. The summed E-state index contributed by atoms with van der Waals surface area (Å²) in [6.07, 6.45) is 0.458. The minimum Gasteiger partial charge on any atom is -0.279 e. The molecule has 0 saturated heterocycles. The summed E-state index contributed by atoms with van der Waals surface area (Å²) in [5.41, 5.74) is 2.68. The van der Waals surface area contributed by atoms with E-state index in [0.717, 1.165) is 27.1 Å². The number of aliphatic imine (C=N–C) groups is 2. The summed E-state index contributed by atoms with van der Waals surface area (Å²) in [5.74, 6) is 0.285. The Morgan fingerprint density at radius 3 is 1.81 bits per heavy atom. The largest absolute Gasteiger partial charge is 0.332 e. The van der Waals surface area contributed by atoms with Crippen LogP contribution in [0.25, 0.3) is 0 Å². The van der Waals surface area contributed by atoms with Gasteiger partial charge in [-0.3, -0.25) is 13.9 Å². The molecule has 1 aliphatic rings. The Morgan fingerprint density at radius 2 is 1.26 bits per heavy atom. The molecule has 27 heavy (non-hydrogen) atoms. The Labute approximate surface area is 155 Å². The number of hydrogen-bond acceptors (Lipinski definition) is 4. The van der Waals surface area contributed by atoms with E-state index >= 15 is 0 Å². The zero-order chi connectivity index (χ0) is 19.0. The van der Waals surface area contributed by atoms with Crippen LogP contribution in [0.1, 0.15) is 17.5 Å². The van der Waals surface area contributed by atoms with Crippen LogP contribution in [-0.2, 0) is 14.1 Å². The van der Waals surface area contributed by atoms with Gasteiger partial charge in [-0.25, -0.2) is 14.8 Å². The first-order valence-electron chi connectivity index (χ1n) is 8.62. The van der Waals surface area contributed by atoms with Gasteiger partial charge >= 0.3 is 5.69 Å². The number of benzene rings is 2. The van der Waals surface area contributed by atoms with E-state index in [-0.39, 0.29) is 11.5 Å². The molecule has 0 N–H and O–H groups in total. The van der Waals surface area contributed by atoms with Crippen molar-refractivity contribution in [2.24, 2.45) is 24.1 Å². The van der Waals surface area contributed by atoms with Gasteiger partial charge in [0, 0.05) is 20.5 Å². The number of rotatable bonds is 2. The van der Waals surface area contributed by atoms with E-state index in [2.05, 4.69) is 4.99 Å². The molecule has 0 spiro atoms. The summed E-state index contributed by atoms with van der Waals surface area (Å²) in [6, 6.07) is 19.5. The normalized spacial score (nSPS) is 13.4. The van der Waals surface area contributed by atoms with Crippen molar-refractivity contribution in [3.63, 3.8) is 0 Å². The fourth-order valence-corrected chi connectivity index (χ4v) is 3.14. The molecule has 6 heteroatoms. The van der Waals surface area contributed by atoms with Crippen LogP contribution < -0.4 is 11.2 Å². The minimum atomic E-state index is -0.445. The highest BCUT2D eigenvalue weighted by Crippen LogP contribution is 2.28. The van der Waals surface area contributed by atoms with Gasteiger partial charge in [0.15, 0.2) is 11.5 Å². The molecular formula is C21H18N4O2. The molecule has 0 saturated carbocycles. The lowest BCUT2D eigenvalue weighted by Crippen LogP contribution is -2.36. The molecule has 0 unspecified atom stereocenters. The van der Waals surface area contributed by atoms with Crippen molar-refractivity contribution >= 4 is 22.9 Å². The summed E-state index contributed by atoms with van der Waals surface area (Å²) in [5, 5.41) is 0. The topological polar surface area (TPSA) is 68.7 Å². The lowest BCUT2D eigenvalue weighted by Gasteiger charge is -2.09. The van der Waals surface area contributed by atoms with Crippen LogP contribution in [0.2, 0.25) is 0 Å². The third kappa shape index (κ3) is 2.95. The van der Waals surface area contributed by atoms with Crippen molar-refractivity contribution in [3.05, 3.63) is 92.6 Å². The molecule has 4 rings (SSSR count). The average molecular weight is 358 g/mol. The van der Waals surface area contributed by atoms with Gasteiger partial charge in [-0.15, -0.1) is 0 Å². The van der Waals surface area contributed by atoms with Crippen LogP contribution in [0, 0.1) is 0 Å². The van der Waals surface area contributed by atoms with E-state index in [1.807, 2.05) is 60.7 Å². The minimum absolute atomic E-state index is 0.185. The Morgan fingerprint density at radius 1 is 0.741 bits per heavy atom. The van der Waals surface area contributed by atoms with Gasteiger partial charge in [-0.1, -0.05) is 60.7 Å². The molecule has 2 heterocycles. The van der Waals surface area contributed by atoms with Gasteiger partial charge in [0.2, 0.25) is 0 Å². The molecule has 0 amide bonds. The molecule has 0 aliphatic carbocycles. The summed E-state index contributed by atoms with van der Waals surface area (Å²) in [4.78, 5) is 34.5. The van der Waals surface area contributed by atoms with Crippen LogP contribution in [0.5, 0.6) is 0 Å². The Hall–Kier alpha value is -3.54. The molecule has 0 radical (unpaired) electrons. The van der Waals surface area contributed by atoms with Crippen LogP contribution in [0.15, 0.2) is 80.2 Å². The average Bonchev–Trinajstić information content (AvgIpc) is 2.93. The molecule has 1 aliphatic heterocycles. The first-order chi connectivity index (χ1) is 13.1. The smallest absolute Gasteiger partial charge is 0.279 e. The molecule has 2 aromatic carbocycles. The second-order valence-electron chi connectivity index (χ2n) is 6.40. The standard InChI is InChI=1S/C21H18N4O2/c1-24-19-18(20(26)25(2)21(24)27)22-16(14-9-5-3-6-10-14)13-17(23-19)15-11-7-4-8-12-15/h3-12H,13H2,1-2H3. The predicted octanol–water partition coefficient (Wildman–Crippen LogP) is 2.73. The van der Waals surface area contributed by atoms with Crippen molar-refractivity contribution in [3.8, 4) is 0 Å². The van der Waals surface area contributed by atoms with Crippen LogP contribution in [0.4, 0.5) is 11.5 Å². The third-order valence-corrected chi connectivity index (χ3v) is 4.65. The molecule has 0 atom stereocenters. The zero-order valence-corrected chi connectivity index (χ0v) is 15.1. The maximum atomic E-state index is 12.7. The monoisotopic (exact) mass is 358 g/mol. The lowest BCUT2D eigenvalue weighted by atomic mass is 10.00. The highest BCUT2D eigenvalue weighted by Gasteiger charge is 2.22. The van der Waals surface area contributed by atoms with E-state index in [9.17, 15) is 9.59 Å². The Bertz CT molecular complexity index is 1190. The van der Waals surface area contributed by atoms with Crippen molar-refractivity contribution < 1.29 is 0 Å². The molecule has 134 valence electrons. The molecule has 0 bridgehead atoms. The van der Waals surface area contributed by atoms with Gasteiger partial charge in [0.05, 0.1) is 11.4 Å². The van der Waals surface area contributed by atoms with Crippen molar-refractivity contribution in [1.82, 2.24) is 9.13 Å². The Kier molecular flexibility index (Phi) is 4.16. The van der Waals surface area contributed by atoms with E-state index < -0.39 is 11.2 Å². The summed E-state index contributed by atoms with van der Waals surface area (Å²) in [6.45, 7) is 0. The van der Waals surface area contributed by atoms with Crippen molar-refractivity contribution in [2.45, 2.75) is 6.42 Å². The van der Waals surface area contributed by atoms with E-state index in [1.165, 1.54) is 11.6 Å². The fourth-order valence-electron chi connectivity index (χ4n) is 3.14. The maximum absolute atomic E-state index is 12.7. The SMILES string of the molecule is Cn1c2c(c(=O)n(C)c1=O)N=C(c1ccccc1)CC(c1ccccc1)=N2. The van der Waals surface area contributed by atoms with Crippen LogP contribution in [0.3, 0.4) is 0 Å². The van der Waals surface area contributed by atoms with Gasteiger partial charge in [-0.05, 0) is 11.1 Å². The first kappa shape index (κ1) is 16.9. The highest BCUT2D eigenvalue weighted by atomic mass is 16.2. The molecule has 6 nitrogen and oxygen atoms in total. The van der Waals surface area contributed by atoms with Crippen LogP contribution >= 0.6 is 0 Å². The van der Waals surface area contributed by atoms with E-state index in [4.69, 9.17) is 4.99 Å². The fraction of sp³-hybridized carbons (Fsp3) is 0.143. The molecular weight excluding hydrogens is 340 g/mol. The molecule has 0 fully saturated rings. The first-order valence-corrected chi connectivity index (χ1v) is 8.62. The summed E-state index contributed by atoms with van der Waals surface area (Å²) < 4.78 is 2.44.